The molecule has 0 amide bonds. The van der Waals surface area contributed by atoms with Crippen molar-refractivity contribution in [1.82, 2.24) is 0 Å². The minimum atomic E-state index is -0.167. The van der Waals surface area contributed by atoms with Gasteiger partial charge in [-0.05, 0) is 31.5 Å². The lowest BCUT2D eigenvalue weighted by Crippen LogP contribution is -2.07. The molecule has 0 N–H and O–H groups in total. The van der Waals surface area contributed by atoms with Crippen molar-refractivity contribution in [1.29, 1.82) is 0 Å². The first-order chi connectivity index (χ1) is 6.49. The average Bonchev–Trinajstić information content (AvgIpc) is 2.15. The van der Waals surface area contributed by atoms with E-state index in [1.807, 2.05) is 32.0 Å². The van der Waals surface area contributed by atoms with Crippen molar-refractivity contribution in [2.75, 3.05) is 14.2 Å². The molecule has 0 aliphatic heterocycles. The second-order valence-corrected chi connectivity index (χ2v) is 4.75. The molecular weight excluding hydrogens is 196 g/mol. The normalized spacial score (nSPS) is 11.2. The van der Waals surface area contributed by atoms with Crippen LogP contribution in [-0.2, 0) is 4.75 Å². The van der Waals surface area contributed by atoms with Crippen molar-refractivity contribution in [3.05, 3.63) is 23.8 Å². The fraction of sp³-hybridized carbons (Fsp3) is 0.455. The largest absolute Gasteiger partial charge is 0.493 e. The van der Waals surface area contributed by atoms with Gasteiger partial charge in [-0.15, -0.1) is 0 Å². The summed E-state index contributed by atoms with van der Waals surface area (Å²) >= 11 is 4.50. The van der Waals surface area contributed by atoms with Gasteiger partial charge in [-0.25, -0.2) is 0 Å². The van der Waals surface area contributed by atoms with Crippen LogP contribution in [0.3, 0.4) is 0 Å². The Bertz CT molecular complexity index is 316. The van der Waals surface area contributed by atoms with Crippen LogP contribution in [-0.4, -0.2) is 14.2 Å². The second-order valence-electron chi connectivity index (χ2n) is 3.63. The average molecular weight is 212 g/mol. The van der Waals surface area contributed by atoms with E-state index >= 15 is 0 Å². The first kappa shape index (κ1) is 11.2. The number of thiol groups is 1. The van der Waals surface area contributed by atoms with Gasteiger partial charge >= 0.3 is 0 Å². The van der Waals surface area contributed by atoms with Crippen molar-refractivity contribution in [2.24, 2.45) is 0 Å². The Balaban J connectivity index is 3.14. The summed E-state index contributed by atoms with van der Waals surface area (Å²) in [6, 6.07) is 5.84. The van der Waals surface area contributed by atoms with Crippen molar-refractivity contribution in [3.8, 4) is 11.5 Å². The van der Waals surface area contributed by atoms with Crippen LogP contribution in [0.25, 0.3) is 0 Å². The predicted molar refractivity (Wildman–Crippen MR) is 61.6 cm³/mol. The van der Waals surface area contributed by atoms with E-state index in [4.69, 9.17) is 9.47 Å². The Morgan fingerprint density at radius 1 is 1.07 bits per heavy atom. The molecule has 0 unspecified atom stereocenters. The Hall–Kier alpha value is -0.830. The van der Waals surface area contributed by atoms with Crippen LogP contribution in [0.5, 0.6) is 11.5 Å². The van der Waals surface area contributed by atoms with Crippen molar-refractivity contribution >= 4 is 12.6 Å². The molecule has 1 rings (SSSR count). The fourth-order valence-corrected chi connectivity index (χ4v) is 1.36. The zero-order valence-corrected chi connectivity index (χ0v) is 9.89. The first-order valence-corrected chi connectivity index (χ1v) is 4.88. The Labute approximate surface area is 90.6 Å². The Morgan fingerprint density at radius 2 is 1.64 bits per heavy atom. The van der Waals surface area contributed by atoms with Crippen LogP contribution < -0.4 is 9.47 Å². The molecule has 0 atom stereocenters. The van der Waals surface area contributed by atoms with Crippen LogP contribution >= 0.6 is 12.6 Å². The molecule has 0 spiro atoms. The summed E-state index contributed by atoms with van der Waals surface area (Å²) in [7, 11) is 3.26. The molecule has 0 aliphatic carbocycles. The number of ether oxygens (including phenoxy) is 2. The van der Waals surface area contributed by atoms with E-state index in [0.717, 1.165) is 17.1 Å². The molecule has 0 aromatic heterocycles. The molecule has 0 heterocycles. The maximum absolute atomic E-state index is 5.21. The quantitative estimate of drug-likeness (QED) is 0.777. The van der Waals surface area contributed by atoms with Crippen molar-refractivity contribution < 1.29 is 9.47 Å². The molecule has 78 valence electrons. The predicted octanol–water partition coefficient (Wildman–Crippen LogP) is 2.87. The van der Waals surface area contributed by atoms with E-state index in [1.54, 1.807) is 14.2 Å². The highest BCUT2D eigenvalue weighted by atomic mass is 32.1. The zero-order valence-electron chi connectivity index (χ0n) is 9.00. The monoisotopic (exact) mass is 212 g/mol. The van der Waals surface area contributed by atoms with E-state index in [9.17, 15) is 0 Å². The van der Waals surface area contributed by atoms with E-state index < -0.39 is 0 Å². The highest BCUT2D eigenvalue weighted by molar-refractivity contribution is 7.81. The molecule has 0 bridgehead atoms. The lowest BCUT2D eigenvalue weighted by molar-refractivity contribution is 0.354. The summed E-state index contributed by atoms with van der Waals surface area (Å²) in [6.07, 6.45) is 0. The Morgan fingerprint density at radius 3 is 2.07 bits per heavy atom. The molecule has 14 heavy (non-hydrogen) atoms. The van der Waals surface area contributed by atoms with Gasteiger partial charge < -0.3 is 9.47 Å². The molecule has 1 aromatic rings. The smallest absolute Gasteiger partial charge is 0.161 e. The van der Waals surface area contributed by atoms with Gasteiger partial charge in [-0.1, -0.05) is 6.07 Å². The van der Waals surface area contributed by atoms with Crippen LogP contribution in [0.1, 0.15) is 19.4 Å². The van der Waals surface area contributed by atoms with Gasteiger partial charge in [-0.3, -0.25) is 0 Å². The number of hydrogen-bond acceptors (Lipinski definition) is 3. The fourth-order valence-electron chi connectivity index (χ4n) is 1.22. The third kappa shape index (κ3) is 2.35. The van der Waals surface area contributed by atoms with Crippen LogP contribution in [0, 0.1) is 0 Å². The van der Waals surface area contributed by atoms with Gasteiger partial charge in [-0.2, -0.15) is 12.6 Å². The molecule has 1 aromatic carbocycles. The van der Waals surface area contributed by atoms with Crippen molar-refractivity contribution in [2.45, 2.75) is 18.6 Å². The Kier molecular flexibility index (Phi) is 3.32. The van der Waals surface area contributed by atoms with Crippen LogP contribution in [0.2, 0.25) is 0 Å². The summed E-state index contributed by atoms with van der Waals surface area (Å²) in [5.74, 6) is 1.49. The van der Waals surface area contributed by atoms with Gasteiger partial charge in [0.05, 0.1) is 14.2 Å². The summed E-state index contributed by atoms with van der Waals surface area (Å²) in [5.41, 5.74) is 1.11. The molecule has 2 nitrogen and oxygen atoms in total. The number of methoxy groups -OCH3 is 2. The molecule has 0 aliphatic rings. The molecule has 0 radical (unpaired) electrons. The van der Waals surface area contributed by atoms with Gasteiger partial charge in [0.15, 0.2) is 11.5 Å². The summed E-state index contributed by atoms with van der Waals surface area (Å²) in [5, 5.41) is 0. The molecule has 0 fully saturated rings. The lowest BCUT2D eigenvalue weighted by atomic mass is 10.0. The highest BCUT2D eigenvalue weighted by Gasteiger charge is 2.16. The summed E-state index contributed by atoms with van der Waals surface area (Å²) in [4.78, 5) is 0. The number of benzene rings is 1. The molecule has 3 heteroatoms. The van der Waals surface area contributed by atoms with E-state index in [2.05, 4.69) is 12.6 Å². The molecule has 0 saturated carbocycles. The van der Waals surface area contributed by atoms with Gasteiger partial charge in [0.1, 0.15) is 0 Å². The van der Waals surface area contributed by atoms with E-state index in [0.29, 0.717) is 0 Å². The minimum Gasteiger partial charge on any atom is -0.493 e. The molecule has 0 saturated heterocycles. The molecular formula is C11H16O2S. The first-order valence-electron chi connectivity index (χ1n) is 4.44. The lowest BCUT2D eigenvalue weighted by Gasteiger charge is -2.19. The second kappa shape index (κ2) is 4.13. The summed E-state index contributed by atoms with van der Waals surface area (Å²) in [6.45, 7) is 4.08. The van der Waals surface area contributed by atoms with E-state index in [1.165, 1.54) is 0 Å². The highest BCUT2D eigenvalue weighted by Crippen LogP contribution is 2.34. The van der Waals surface area contributed by atoms with E-state index in [-0.39, 0.29) is 4.75 Å². The standard InChI is InChI=1S/C11H16O2S/c1-11(2,14)8-5-6-9(12-3)10(7-8)13-4/h5-7,14H,1-4H3. The zero-order chi connectivity index (χ0) is 10.8. The third-order valence-electron chi connectivity index (χ3n) is 2.09. The number of hydrogen-bond donors (Lipinski definition) is 1. The van der Waals surface area contributed by atoms with Crippen molar-refractivity contribution in [3.63, 3.8) is 0 Å². The van der Waals surface area contributed by atoms with Crippen LogP contribution in [0.4, 0.5) is 0 Å². The minimum absolute atomic E-state index is 0.167. The third-order valence-corrected chi connectivity index (χ3v) is 2.35. The number of rotatable bonds is 3. The summed E-state index contributed by atoms with van der Waals surface area (Å²) < 4.78 is 10.2. The topological polar surface area (TPSA) is 18.5 Å². The maximum atomic E-state index is 5.21. The van der Waals surface area contributed by atoms with Gasteiger partial charge in [0.2, 0.25) is 0 Å². The van der Waals surface area contributed by atoms with Gasteiger partial charge in [0, 0.05) is 4.75 Å². The van der Waals surface area contributed by atoms with Gasteiger partial charge in [0.25, 0.3) is 0 Å². The van der Waals surface area contributed by atoms with Crippen LogP contribution in [0.15, 0.2) is 18.2 Å². The maximum Gasteiger partial charge on any atom is 0.161 e. The SMILES string of the molecule is COc1ccc(C(C)(C)S)cc1OC.